The van der Waals surface area contributed by atoms with Gasteiger partial charge in [-0.05, 0) is 34.1 Å². The number of rotatable bonds is 2. The standard InChI is InChI=1S/C23H32N2/c1-22(2,3)18-12-8-7-11-17(18)15-25-16-21(23(4,5)6)24-19-13-9-10-14-20(19)25/h7-14,21,24H,15-16H2,1-6H3/t21-/m0/s1. The van der Waals surface area contributed by atoms with Crippen LogP contribution in [0.1, 0.15) is 52.7 Å². The van der Waals surface area contributed by atoms with Crippen molar-refractivity contribution in [3.05, 3.63) is 59.7 Å². The second-order valence-electron chi connectivity index (χ2n) is 9.37. The van der Waals surface area contributed by atoms with Gasteiger partial charge >= 0.3 is 0 Å². The van der Waals surface area contributed by atoms with Crippen LogP contribution in [0.4, 0.5) is 11.4 Å². The molecule has 0 radical (unpaired) electrons. The van der Waals surface area contributed by atoms with Gasteiger partial charge < -0.3 is 10.2 Å². The van der Waals surface area contributed by atoms with Crippen molar-refractivity contribution in [2.75, 3.05) is 16.8 Å². The Morgan fingerprint density at radius 3 is 2.24 bits per heavy atom. The monoisotopic (exact) mass is 336 g/mol. The zero-order valence-electron chi connectivity index (χ0n) is 16.6. The highest BCUT2D eigenvalue weighted by atomic mass is 15.2. The van der Waals surface area contributed by atoms with Crippen molar-refractivity contribution >= 4 is 11.4 Å². The lowest BCUT2D eigenvalue weighted by atomic mass is 9.82. The fourth-order valence-corrected chi connectivity index (χ4v) is 3.66. The maximum atomic E-state index is 3.76. The van der Waals surface area contributed by atoms with Crippen LogP contribution in [0.25, 0.3) is 0 Å². The molecule has 3 rings (SSSR count). The first-order chi connectivity index (χ1) is 11.7. The Hall–Kier alpha value is -1.96. The molecule has 0 spiro atoms. The largest absolute Gasteiger partial charge is 0.378 e. The van der Waals surface area contributed by atoms with Crippen molar-refractivity contribution in [3.63, 3.8) is 0 Å². The van der Waals surface area contributed by atoms with Gasteiger partial charge in [-0.1, -0.05) is 77.9 Å². The summed E-state index contributed by atoms with van der Waals surface area (Å²) in [5.41, 5.74) is 5.81. The van der Waals surface area contributed by atoms with Crippen LogP contribution < -0.4 is 10.2 Å². The second kappa shape index (κ2) is 6.40. The SMILES string of the molecule is CC(C)(C)c1ccccc1CN1C[C@@H](C(C)(C)C)Nc2ccccc21. The summed E-state index contributed by atoms with van der Waals surface area (Å²) in [5, 5.41) is 3.76. The van der Waals surface area contributed by atoms with Crippen molar-refractivity contribution in [2.24, 2.45) is 5.41 Å². The lowest BCUT2D eigenvalue weighted by Gasteiger charge is -2.43. The van der Waals surface area contributed by atoms with E-state index in [4.69, 9.17) is 0 Å². The second-order valence-corrected chi connectivity index (χ2v) is 9.37. The third-order valence-corrected chi connectivity index (χ3v) is 5.21. The summed E-state index contributed by atoms with van der Waals surface area (Å²) in [6.45, 7) is 15.8. The summed E-state index contributed by atoms with van der Waals surface area (Å²) < 4.78 is 0. The Morgan fingerprint density at radius 1 is 0.920 bits per heavy atom. The summed E-state index contributed by atoms with van der Waals surface area (Å²) in [4.78, 5) is 2.55. The van der Waals surface area contributed by atoms with E-state index in [1.54, 1.807) is 0 Å². The van der Waals surface area contributed by atoms with Gasteiger partial charge in [0.2, 0.25) is 0 Å². The third-order valence-electron chi connectivity index (χ3n) is 5.21. The predicted octanol–water partition coefficient (Wildman–Crippen LogP) is 5.83. The molecule has 1 atom stereocenters. The lowest BCUT2D eigenvalue weighted by molar-refractivity contribution is 0.335. The molecular formula is C23H32N2. The molecule has 0 bridgehead atoms. The van der Waals surface area contributed by atoms with Crippen LogP contribution in [0.5, 0.6) is 0 Å². The molecule has 2 aromatic carbocycles. The molecule has 1 aliphatic heterocycles. The summed E-state index contributed by atoms with van der Waals surface area (Å²) >= 11 is 0. The molecule has 0 saturated carbocycles. The Labute approximate surface area is 153 Å². The molecule has 2 heteroatoms. The maximum Gasteiger partial charge on any atom is 0.0605 e. The zero-order chi connectivity index (χ0) is 18.2. The number of nitrogens with zero attached hydrogens (tertiary/aromatic N) is 1. The number of para-hydroxylation sites is 2. The van der Waals surface area contributed by atoms with E-state index in [1.807, 2.05) is 0 Å². The first-order valence-corrected chi connectivity index (χ1v) is 9.35. The molecule has 1 N–H and O–H groups in total. The first kappa shape index (κ1) is 17.8. The van der Waals surface area contributed by atoms with Crippen LogP contribution >= 0.6 is 0 Å². The minimum atomic E-state index is 0.160. The highest BCUT2D eigenvalue weighted by molar-refractivity contribution is 5.73. The van der Waals surface area contributed by atoms with E-state index in [0.717, 1.165) is 13.1 Å². The normalized spacial score (nSPS) is 17.8. The number of nitrogens with one attached hydrogen (secondary N) is 1. The van der Waals surface area contributed by atoms with Crippen LogP contribution in [0.3, 0.4) is 0 Å². The molecular weight excluding hydrogens is 304 g/mol. The van der Waals surface area contributed by atoms with Gasteiger partial charge in [-0.3, -0.25) is 0 Å². The quantitative estimate of drug-likeness (QED) is 0.742. The van der Waals surface area contributed by atoms with Gasteiger partial charge in [-0.2, -0.15) is 0 Å². The van der Waals surface area contributed by atoms with Crippen LogP contribution in [-0.4, -0.2) is 12.6 Å². The Bertz CT molecular complexity index is 734. The topological polar surface area (TPSA) is 15.3 Å². The van der Waals surface area contributed by atoms with Gasteiger partial charge in [0.05, 0.1) is 11.4 Å². The van der Waals surface area contributed by atoms with E-state index in [9.17, 15) is 0 Å². The molecule has 2 nitrogen and oxygen atoms in total. The highest BCUT2D eigenvalue weighted by Gasteiger charge is 2.32. The zero-order valence-corrected chi connectivity index (χ0v) is 16.6. The van der Waals surface area contributed by atoms with Gasteiger partial charge in [0, 0.05) is 19.1 Å². The van der Waals surface area contributed by atoms with E-state index >= 15 is 0 Å². The van der Waals surface area contributed by atoms with Gasteiger partial charge in [0.1, 0.15) is 0 Å². The number of hydrogen-bond donors (Lipinski definition) is 1. The molecule has 134 valence electrons. The number of benzene rings is 2. The van der Waals surface area contributed by atoms with Crippen LogP contribution in [0.15, 0.2) is 48.5 Å². The molecule has 0 fully saturated rings. The molecule has 0 unspecified atom stereocenters. The average molecular weight is 337 g/mol. The third kappa shape index (κ3) is 3.84. The molecule has 1 heterocycles. The van der Waals surface area contributed by atoms with E-state index < -0.39 is 0 Å². The molecule has 0 aromatic heterocycles. The van der Waals surface area contributed by atoms with Gasteiger partial charge in [-0.15, -0.1) is 0 Å². The van der Waals surface area contributed by atoms with E-state index in [1.165, 1.54) is 22.5 Å². The van der Waals surface area contributed by atoms with Crippen molar-refractivity contribution in [1.29, 1.82) is 0 Å². The highest BCUT2D eigenvalue weighted by Crippen LogP contribution is 2.37. The summed E-state index contributed by atoms with van der Waals surface area (Å²) in [5.74, 6) is 0. The van der Waals surface area contributed by atoms with Crippen LogP contribution in [0, 0.1) is 5.41 Å². The van der Waals surface area contributed by atoms with E-state index in [2.05, 4.69) is 100 Å². The van der Waals surface area contributed by atoms with Gasteiger partial charge in [0.25, 0.3) is 0 Å². The summed E-state index contributed by atoms with van der Waals surface area (Å²) in [6, 6.07) is 18.0. The van der Waals surface area contributed by atoms with Crippen LogP contribution in [-0.2, 0) is 12.0 Å². The average Bonchev–Trinajstić information content (AvgIpc) is 2.53. The smallest absolute Gasteiger partial charge is 0.0605 e. The fourth-order valence-electron chi connectivity index (χ4n) is 3.66. The maximum absolute atomic E-state index is 3.76. The molecule has 0 aliphatic carbocycles. The Kier molecular flexibility index (Phi) is 4.57. The number of anilines is 2. The first-order valence-electron chi connectivity index (χ1n) is 9.35. The van der Waals surface area contributed by atoms with Crippen molar-refractivity contribution in [1.82, 2.24) is 0 Å². The molecule has 0 saturated heterocycles. The van der Waals surface area contributed by atoms with Crippen molar-refractivity contribution in [3.8, 4) is 0 Å². The van der Waals surface area contributed by atoms with Gasteiger partial charge in [0.15, 0.2) is 0 Å². The van der Waals surface area contributed by atoms with E-state index in [0.29, 0.717) is 6.04 Å². The fraction of sp³-hybridized carbons (Fsp3) is 0.478. The van der Waals surface area contributed by atoms with Crippen molar-refractivity contribution < 1.29 is 0 Å². The van der Waals surface area contributed by atoms with Gasteiger partial charge in [-0.25, -0.2) is 0 Å². The predicted molar refractivity (Wildman–Crippen MR) is 109 cm³/mol. The number of hydrogen-bond acceptors (Lipinski definition) is 2. The molecule has 0 amide bonds. The van der Waals surface area contributed by atoms with Crippen molar-refractivity contribution in [2.45, 2.75) is 59.5 Å². The molecule has 25 heavy (non-hydrogen) atoms. The van der Waals surface area contributed by atoms with E-state index in [-0.39, 0.29) is 10.8 Å². The Balaban J connectivity index is 1.97. The lowest BCUT2D eigenvalue weighted by Crippen LogP contribution is -2.48. The van der Waals surface area contributed by atoms with Crippen LogP contribution in [0.2, 0.25) is 0 Å². The molecule has 2 aromatic rings. The molecule has 1 aliphatic rings. The summed E-state index contributed by atoms with van der Waals surface area (Å²) in [6.07, 6.45) is 0. The summed E-state index contributed by atoms with van der Waals surface area (Å²) in [7, 11) is 0. The Morgan fingerprint density at radius 2 is 1.56 bits per heavy atom. The minimum absolute atomic E-state index is 0.160. The number of fused-ring (bicyclic) bond motifs is 1. The minimum Gasteiger partial charge on any atom is -0.378 e.